The van der Waals surface area contributed by atoms with Crippen LogP contribution in [0.3, 0.4) is 0 Å². The molecular formula is C40H36N2O6. The van der Waals surface area contributed by atoms with Gasteiger partial charge in [0.2, 0.25) is 0 Å². The van der Waals surface area contributed by atoms with Gasteiger partial charge in [-0.2, -0.15) is 0 Å². The number of allylic oxidation sites excluding steroid dienone is 1. The largest absolute Gasteiger partial charge is 0.497 e. The first kappa shape index (κ1) is 31.0. The minimum absolute atomic E-state index is 0.264. The Kier molecular flexibility index (Phi) is 8.57. The quantitative estimate of drug-likeness (QED) is 0.153. The van der Waals surface area contributed by atoms with Crippen LogP contribution < -0.4 is 24.5 Å². The Labute approximate surface area is 279 Å². The fourth-order valence-corrected chi connectivity index (χ4v) is 6.71. The summed E-state index contributed by atoms with van der Waals surface area (Å²) in [5.41, 5.74) is 6.28. The summed E-state index contributed by atoms with van der Waals surface area (Å²) in [6, 6.07) is 29.0. The number of aldehydes is 1. The van der Waals surface area contributed by atoms with E-state index in [0.717, 1.165) is 59.6 Å². The molecule has 4 aromatic carbocycles. The molecule has 8 heteroatoms. The number of fused-ring (bicyclic) bond motifs is 2. The summed E-state index contributed by atoms with van der Waals surface area (Å²) in [5.74, 6) is 1.42. The van der Waals surface area contributed by atoms with Gasteiger partial charge >= 0.3 is 0 Å². The highest BCUT2D eigenvalue weighted by Crippen LogP contribution is 2.46. The van der Waals surface area contributed by atoms with Crippen molar-refractivity contribution in [3.05, 3.63) is 136 Å². The van der Waals surface area contributed by atoms with E-state index in [0.29, 0.717) is 40.3 Å². The SMILES string of the molecule is COc1ccc(CN2CC=C(c3c(OC)cc(OC)c4c(=O)cc(C5=CN(c6ccccc6)c6ccccc6C5C=O)oc34)CC2)cc1. The van der Waals surface area contributed by atoms with E-state index >= 15 is 0 Å². The van der Waals surface area contributed by atoms with Crippen LogP contribution in [0, 0.1) is 0 Å². The van der Waals surface area contributed by atoms with Crippen LogP contribution in [-0.2, 0) is 11.3 Å². The van der Waals surface area contributed by atoms with Crippen LogP contribution in [0.15, 0.2) is 112 Å². The van der Waals surface area contributed by atoms with Gasteiger partial charge in [-0.1, -0.05) is 54.6 Å². The van der Waals surface area contributed by atoms with Crippen LogP contribution in [-0.4, -0.2) is 45.6 Å². The summed E-state index contributed by atoms with van der Waals surface area (Å²) >= 11 is 0. The Balaban J connectivity index is 1.34. The van der Waals surface area contributed by atoms with Gasteiger partial charge in [-0.3, -0.25) is 9.69 Å². The number of anilines is 2. The molecule has 0 saturated heterocycles. The van der Waals surface area contributed by atoms with Crippen LogP contribution >= 0.6 is 0 Å². The number of methoxy groups -OCH3 is 3. The van der Waals surface area contributed by atoms with Crippen molar-refractivity contribution in [1.29, 1.82) is 0 Å². The molecule has 5 aromatic rings. The van der Waals surface area contributed by atoms with Gasteiger partial charge in [-0.15, -0.1) is 0 Å². The predicted octanol–water partition coefficient (Wildman–Crippen LogP) is 7.58. The number of ether oxygens (including phenoxy) is 3. The van der Waals surface area contributed by atoms with E-state index in [2.05, 4.69) is 23.1 Å². The van der Waals surface area contributed by atoms with Crippen molar-refractivity contribution >= 4 is 39.8 Å². The Morgan fingerprint density at radius 3 is 2.31 bits per heavy atom. The van der Waals surface area contributed by atoms with Crippen LogP contribution in [0.25, 0.3) is 22.1 Å². The molecular weight excluding hydrogens is 604 g/mol. The van der Waals surface area contributed by atoms with Crippen LogP contribution in [0.4, 0.5) is 11.4 Å². The first-order valence-corrected chi connectivity index (χ1v) is 15.9. The average Bonchev–Trinajstić information content (AvgIpc) is 3.14. The van der Waals surface area contributed by atoms with Crippen molar-refractivity contribution in [2.45, 2.75) is 18.9 Å². The molecule has 0 amide bonds. The predicted molar refractivity (Wildman–Crippen MR) is 188 cm³/mol. The molecule has 1 aromatic heterocycles. The second-order valence-electron chi connectivity index (χ2n) is 11.9. The smallest absolute Gasteiger partial charge is 0.197 e. The van der Waals surface area contributed by atoms with Crippen molar-refractivity contribution in [2.24, 2.45) is 0 Å². The fraction of sp³-hybridized carbons (Fsp3) is 0.200. The van der Waals surface area contributed by atoms with Gasteiger partial charge in [-0.25, -0.2) is 0 Å². The van der Waals surface area contributed by atoms with Gasteiger partial charge in [0.25, 0.3) is 0 Å². The molecule has 0 fully saturated rings. The molecule has 1 unspecified atom stereocenters. The summed E-state index contributed by atoms with van der Waals surface area (Å²) in [7, 11) is 4.80. The Hall–Kier alpha value is -5.60. The highest BCUT2D eigenvalue weighted by Gasteiger charge is 2.32. The van der Waals surface area contributed by atoms with E-state index in [4.69, 9.17) is 18.6 Å². The zero-order valence-electron chi connectivity index (χ0n) is 27.1. The maximum Gasteiger partial charge on any atom is 0.197 e. The van der Waals surface area contributed by atoms with Gasteiger partial charge in [-0.05, 0) is 53.5 Å². The summed E-state index contributed by atoms with van der Waals surface area (Å²) in [6.07, 6.45) is 5.70. The molecule has 0 radical (unpaired) electrons. The van der Waals surface area contributed by atoms with Crippen molar-refractivity contribution < 1.29 is 23.4 Å². The first-order valence-electron chi connectivity index (χ1n) is 15.9. The molecule has 3 heterocycles. The zero-order valence-corrected chi connectivity index (χ0v) is 27.1. The average molecular weight is 641 g/mol. The normalized spacial score (nSPS) is 16.1. The molecule has 48 heavy (non-hydrogen) atoms. The maximum atomic E-state index is 14.0. The summed E-state index contributed by atoms with van der Waals surface area (Å²) in [4.78, 5) is 31.2. The van der Waals surface area contributed by atoms with Crippen molar-refractivity contribution in [3.63, 3.8) is 0 Å². The van der Waals surface area contributed by atoms with E-state index in [-0.39, 0.29) is 5.43 Å². The maximum absolute atomic E-state index is 14.0. The van der Waals surface area contributed by atoms with E-state index in [1.54, 1.807) is 20.3 Å². The monoisotopic (exact) mass is 640 g/mol. The van der Waals surface area contributed by atoms with E-state index < -0.39 is 5.92 Å². The number of carbonyl (C=O) groups is 1. The number of para-hydroxylation sites is 2. The molecule has 2 aliphatic heterocycles. The number of hydrogen-bond acceptors (Lipinski definition) is 8. The fourth-order valence-electron chi connectivity index (χ4n) is 6.71. The van der Waals surface area contributed by atoms with E-state index in [1.165, 1.54) is 18.7 Å². The van der Waals surface area contributed by atoms with Crippen molar-refractivity contribution in [1.82, 2.24) is 4.90 Å². The third kappa shape index (κ3) is 5.65. The van der Waals surface area contributed by atoms with Gasteiger partial charge in [0.05, 0.1) is 32.8 Å². The summed E-state index contributed by atoms with van der Waals surface area (Å²) in [6.45, 7) is 2.32. The second kappa shape index (κ2) is 13.3. The number of benzene rings is 4. The minimum atomic E-state index is -0.641. The minimum Gasteiger partial charge on any atom is -0.497 e. The van der Waals surface area contributed by atoms with Gasteiger partial charge in [0, 0.05) is 54.9 Å². The number of rotatable bonds is 9. The Morgan fingerprint density at radius 1 is 0.875 bits per heavy atom. The third-order valence-electron chi connectivity index (χ3n) is 9.14. The standard InChI is InChI=1S/C40H36N2O6/c1-45-29-15-13-26(14-16-29)23-41-19-17-27(18-20-41)38-36(46-2)22-37(47-3)39-34(44)21-35(48-40(38)39)31-24-42(28-9-5-4-6-10-28)33-12-8-7-11-30(33)32(31)25-43/h4-17,21-22,24-25,32H,18-20,23H2,1-3H3. The summed E-state index contributed by atoms with van der Waals surface area (Å²) in [5, 5.41) is 0.331. The highest BCUT2D eigenvalue weighted by atomic mass is 16.5. The zero-order chi connectivity index (χ0) is 33.2. The molecule has 0 N–H and O–H groups in total. The Bertz CT molecular complexity index is 2100. The molecule has 0 saturated carbocycles. The molecule has 0 spiro atoms. The number of carbonyl (C=O) groups excluding carboxylic acids is 1. The Morgan fingerprint density at radius 2 is 1.62 bits per heavy atom. The molecule has 2 aliphatic rings. The summed E-state index contributed by atoms with van der Waals surface area (Å²) < 4.78 is 23.6. The van der Waals surface area contributed by atoms with E-state index in [9.17, 15) is 9.59 Å². The van der Waals surface area contributed by atoms with Crippen molar-refractivity contribution in [3.8, 4) is 17.2 Å². The topological polar surface area (TPSA) is 81.5 Å². The molecule has 0 bridgehead atoms. The number of nitrogens with zero attached hydrogens (tertiary/aromatic N) is 2. The lowest BCUT2D eigenvalue weighted by molar-refractivity contribution is -0.108. The molecule has 8 nitrogen and oxygen atoms in total. The van der Waals surface area contributed by atoms with Gasteiger partial charge in [0.15, 0.2) is 11.0 Å². The number of hydrogen-bond donors (Lipinski definition) is 0. The van der Waals surface area contributed by atoms with Crippen LogP contribution in [0.1, 0.15) is 34.8 Å². The first-order chi connectivity index (χ1) is 23.5. The lowest BCUT2D eigenvalue weighted by Crippen LogP contribution is -2.28. The van der Waals surface area contributed by atoms with Gasteiger partial charge in [0.1, 0.15) is 34.7 Å². The lowest BCUT2D eigenvalue weighted by Gasteiger charge is -2.32. The molecule has 7 rings (SSSR count). The third-order valence-corrected chi connectivity index (χ3v) is 9.14. The second-order valence-corrected chi connectivity index (χ2v) is 11.9. The van der Waals surface area contributed by atoms with Gasteiger partial charge < -0.3 is 28.3 Å². The van der Waals surface area contributed by atoms with Crippen LogP contribution in [0.5, 0.6) is 17.2 Å². The van der Waals surface area contributed by atoms with E-state index in [1.807, 2.05) is 77.8 Å². The molecule has 1 atom stereocenters. The van der Waals surface area contributed by atoms with Crippen LogP contribution in [0.2, 0.25) is 0 Å². The molecule has 0 aliphatic carbocycles. The van der Waals surface area contributed by atoms with Crippen molar-refractivity contribution in [2.75, 3.05) is 39.3 Å². The lowest BCUT2D eigenvalue weighted by atomic mass is 9.86. The highest BCUT2D eigenvalue weighted by molar-refractivity contribution is 5.99. The molecule has 242 valence electrons.